The summed E-state index contributed by atoms with van der Waals surface area (Å²) in [7, 11) is 0. The molecular formula is C14H8ClFN2O3. The first-order valence-corrected chi connectivity index (χ1v) is 6.14. The Kier molecular flexibility index (Phi) is 4.36. The Morgan fingerprint density at radius 2 is 2.10 bits per heavy atom. The molecule has 7 heteroatoms. The third-order valence-electron chi connectivity index (χ3n) is 2.67. The van der Waals surface area contributed by atoms with Gasteiger partial charge in [0.25, 0.3) is 5.69 Å². The summed E-state index contributed by atoms with van der Waals surface area (Å²) in [6.07, 6.45) is 0. The third-order valence-corrected chi connectivity index (χ3v) is 2.98. The molecule has 2 aromatic carbocycles. The minimum Gasteiger partial charge on any atom is -0.487 e. The minimum absolute atomic E-state index is 0.00977. The van der Waals surface area contributed by atoms with E-state index in [-0.39, 0.29) is 28.6 Å². The molecule has 0 heterocycles. The van der Waals surface area contributed by atoms with Crippen LogP contribution in [0, 0.1) is 27.3 Å². The number of nitrogens with zero attached hydrogens (tertiary/aromatic N) is 2. The Bertz CT molecular complexity index is 743. The lowest BCUT2D eigenvalue weighted by atomic mass is 10.1. The van der Waals surface area contributed by atoms with Crippen molar-refractivity contribution in [2.24, 2.45) is 0 Å². The van der Waals surface area contributed by atoms with Gasteiger partial charge in [0.1, 0.15) is 24.2 Å². The van der Waals surface area contributed by atoms with Gasteiger partial charge in [-0.3, -0.25) is 10.1 Å². The molecule has 0 N–H and O–H groups in total. The Morgan fingerprint density at radius 1 is 1.33 bits per heavy atom. The molecule has 0 bridgehead atoms. The van der Waals surface area contributed by atoms with E-state index in [1.807, 2.05) is 0 Å². The Morgan fingerprint density at radius 3 is 2.76 bits per heavy atom. The second-order valence-electron chi connectivity index (χ2n) is 4.09. The van der Waals surface area contributed by atoms with Crippen molar-refractivity contribution in [3.05, 3.63) is 68.5 Å². The zero-order valence-electron chi connectivity index (χ0n) is 10.5. The molecule has 106 valence electrons. The van der Waals surface area contributed by atoms with Crippen molar-refractivity contribution in [2.75, 3.05) is 0 Å². The van der Waals surface area contributed by atoms with Crippen LogP contribution in [0.4, 0.5) is 10.1 Å². The van der Waals surface area contributed by atoms with Gasteiger partial charge in [0, 0.05) is 6.07 Å². The fourth-order valence-corrected chi connectivity index (χ4v) is 1.80. The number of ether oxygens (including phenoxy) is 1. The van der Waals surface area contributed by atoms with Crippen LogP contribution in [0.5, 0.6) is 5.75 Å². The summed E-state index contributed by atoms with van der Waals surface area (Å²) in [5, 5.41) is 19.7. The van der Waals surface area contributed by atoms with Gasteiger partial charge in [-0.15, -0.1) is 0 Å². The van der Waals surface area contributed by atoms with Crippen LogP contribution in [-0.2, 0) is 6.61 Å². The first kappa shape index (κ1) is 14.8. The first-order valence-electron chi connectivity index (χ1n) is 5.76. The Hall–Kier alpha value is -2.65. The van der Waals surface area contributed by atoms with Crippen LogP contribution < -0.4 is 4.74 Å². The highest BCUT2D eigenvalue weighted by atomic mass is 35.5. The van der Waals surface area contributed by atoms with Crippen LogP contribution in [0.2, 0.25) is 5.02 Å². The van der Waals surface area contributed by atoms with E-state index in [1.165, 1.54) is 30.3 Å². The summed E-state index contributed by atoms with van der Waals surface area (Å²) < 4.78 is 18.6. The van der Waals surface area contributed by atoms with Gasteiger partial charge >= 0.3 is 0 Å². The summed E-state index contributed by atoms with van der Waals surface area (Å²) in [6.45, 7) is 0.00977. The summed E-state index contributed by atoms with van der Waals surface area (Å²) in [5.41, 5.74) is 0.308. The SMILES string of the molecule is N#Cc1cc(COc2cc([N+](=O)[O-])ccc2Cl)ccc1F. The molecule has 5 nitrogen and oxygen atoms in total. The van der Waals surface area contributed by atoms with E-state index in [0.29, 0.717) is 5.56 Å². The molecule has 2 rings (SSSR count). The molecule has 0 saturated carbocycles. The van der Waals surface area contributed by atoms with Crippen molar-refractivity contribution >= 4 is 17.3 Å². The molecule has 0 aliphatic carbocycles. The number of halogens is 2. The van der Waals surface area contributed by atoms with Crippen LogP contribution in [0.1, 0.15) is 11.1 Å². The number of non-ortho nitro benzene ring substituents is 1. The molecule has 0 aromatic heterocycles. The molecule has 2 aromatic rings. The number of rotatable bonds is 4. The second kappa shape index (κ2) is 6.20. The third kappa shape index (κ3) is 3.46. The van der Waals surface area contributed by atoms with Crippen molar-refractivity contribution in [2.45, 2.75) is 6.61 Å². The molecule has 0 aliphatic heterocycles. The number of nitro groups is 1. The molecule has 0 spiro atoms. The monoisotopic (exact) mass is 306 g/mol. The fourth-order valence-electron chi connectivity index (χ4n) is 1.63. The van der Waals surface area contributed by atoms with Crippen LogP contribution >= 0.6 is 11.6 Å². The highest BCUT2D eigenvalue weighted by Crippen LogP contribution is 2.29. The smallest absolute Gasteiger partial charge is 0.273 e. The summed E-state index contributed by atoms with van der Waals surface area (Å²) >= 11 is 5.89. The molecular weight excluding hydrogens is 299 g/mol. The largest absolute Gasteiger partial charge is 0.487 e. The van der Waals surface area contributed by atoms with Gasteiger partial charge in [-0.05, 0) is 23.8 Å². The van der Waals surface area contributed by atoms with Gasteiger partial charge in [-0.2, -0.15) is 5.26 Å². The molecule has 0 saturated heterocycles. The lowest BCUT2D eigenvalue weighted by molar-refractivity contribution is -0.384. The minimum atomic E-state index is -0.616. The normalized spacial score (nSPS) is 9.95. The van der Waals surface area contributed by atoms with Gasteiger partial charge < -0.3 is 4.74 Å². The average molecular weight is 307 g/mol. The van der Waals surface area contributed by atoms with Gasteiger partial charge in [0.2, 0.25) is 0 Å². The van der Waals surface area contributed by atoms with Crippen molar-refractivity contribution in [3.63, 3.8) is 0 Å². The van der Waals surface area contributed by atoms with E-state index in [0.717, 1.165) is 6.07 Å². The van der Waals surface area contributed by atoms with Crippen LogP contribution in [0.3, 0.4) is 0 Å². The molecule has 0 fully saturated rings. The lowest BCUT2D eigenvalue weighted by Gasteiger charge is -2.08. The van der Waals surface area contributed by atoms with Crippen molar-refractivity contribution in [3.8, 4) is 11.8 Å². The summed E-state index contributed by atoms with van der Waals surface area (Å²) in [5.74, 6) is -0.469. The zero-order chi connectivity index (χ0) is 15.4. The maximum atomic E-state index is 13.2. The Balaban J connectivity index is 2.18. The quantitative estimate of drug-likeness (QED) is 0.635. The standard InChI is InChI=1S/C14H8ClFN2O3/c15-12-3-2-11(18(19)20)6-14(12)21-8-9-1-4-13(16)10(5-9)7-17/h1-6H,8H2. The number of nitro benzene ring substituents is 1. The van der Waals surface area contributed by atoms with E-state index in [4.69, 9.17) is 21.6 Å². The maximum Gasteiger partial charge on any atom is 0.273 e. The summed E-state index contributed by atoms with van der Waals surface area (Å²) in [6, 6.07) is 9.52. The molecule has 21 heavy (non-hydrogen) atoms. The van der Waals surface area contributed by atoms with Crippen LogP contribution in [-0.4, -0.2) is 4.92 Å². The summed E-state index contributed by atoms with van der Waals surface area (Å²) in [4.78, 5) is 10.1. The topological polar surface area (TPSA) is 76.2 Å². The second-order valence-corrected chi connectivity index (χ2v) is 4.49. The van der Waals surface area contributed by atoms with E-state index in [9.17, 15) is 14.5 Å². The van der Waals surface area contributed by atoms with Crippen LogP contribution in [0.25, 0.3) is 0 Å². The molecule has 0 amide bonds. The molecule has 0 atom stereocenters. The number of hydrogen-bond donors (Lipinski definition) is 0. The average Bonchev–Trinajstić information content (AvgIpc) is 2.47. The molecule has 0 radical (unpaired) electrons. The maximum absolute atomic E-state index is 13.2. The van der Waals surface area contributed by atoms with Crippen molar-refractivity contribution < 1.29 is 14.1 Å². The van der Waals surface area contributed by atoms with E-state index < -0.39 is 10.7 Å². The van der Waals surface area contributed by atoms with Gasteiger partial charge in [-0.25, -0.2) is 4.39 Å². The van der Waals surface area contributed by atoms with E-state index in [2.05, 4.69) is 0 Å². The highest BCUT2D eigenvalue weighted by Gasteiger charge is 2.11. The highest BCUT2D eigenvalue weighted by molar-refractivity contribution is 6.32. The first-order chi connectivity index (χ1) is 10.0. The number of hydrogen-bond acceptors (Lipinski definition) is 4. The Labute approximate surface area is 124 Å². The predicted molar refractivity (Wildman–Crippen MR) is 73.6 cm³/mol. The number of nitriles is 1. The van der Waals surface area contributed by atoms with Gasteiger partial charge in [0.05, 0.1) is 21.6 Å². The molecule has 0 unspecified atom stereocenters. The fraction of sp³-hybridized carbons (Fsp3) is 0.0714. The van der Waals surface area contributed by atoms with Gasteiger partial charge in [0.15, 0.2) is 0 Å². The number of benzene rings is 2. The van der Waals surface area contributed by atoms with Gasteiger partial charge in [-0.1, -0.05) is 17.7 Å². The van der Waals surface area contributed by atoms with E-state index >= 15 is 0 Å². The van der Waals surface area contributed by atoms with Crippen molar-refractivity contribution in [1.82, 2.24) is 0 Å². The van der Waals surface area contributed by atoms with Crippen LogP contribution in [0.15, 0.2) is 36.4 Å². The predicted octanol–water partition coefficient (Wildman–Crippen LogP) is 3.84. The molecule has 0 aliphatic rings. The zero-order valence-corrected chi connectivity index (χ0v) is 11.3. The lowest BCUT2D eigenvalue weighted by Crippen LogP contribution is -1.98. The van der Waals surface area contributed by atoms with E-state index in [1.54, 1.807) is 6.07 Å². The van der Waals surface area contributed by atoms with Crippen molar-refractivity contribution in [1.29, 1.82) is 5.26 Å².